The zero-order valence-corrected chi connectivity index (χ0v) is 11.5. The maximum absolute atomic E-state index is 8.89. The third kappa shape index (κ3) is 2.89. The Labute approximate surface area is 120 Å². The Morgan fingerprint density at radius 3 is 2.90 bits per heavy atom. The summed E-state index contributed by atoms with van der Waals surface area (Å²) in [6.07, 6.45) is 0. The van der Waals surface area contributed by atoms with Crippen LogP contribution in [0.4, 0.5) is 0 Å². The average molecular weight is 287 g/mol. The summed E-state index contributed by atoms with van der Waals surface area (Å²) in [5.74, 6) is 0.780. The van der Waals surface area contributed by atoms with Gasteiger partial charge < -0.3 is 14.4 Å². The van der Waals surface area contributed by atoms with Gasteiger partial charge in [-0.2, -0.15) is 11.3 Å². The highest BCUT2D eigenvalue weighted by Gasteiger charge is 2.05. The molecule has 0 fully saturated rings. The molecule has 0 atom stereocenters. The van der Waals surface area contributed by atoms with Crippen molar-refractivity contribution in [3.63, 3.8) is 0 Å². The van der Waals surface area contributed by atoms with Crippen molar-refractivity contribution >= 4 is 11.3 Å². The Hall–Kier alpha value is -2.11. The number of benzene rings is 1. The van der Waals surface area contributed by atoms with Crippen LogP contribution in [0.1, 0.15) is 11.3 Å². The number of hydrogen-bond acceptors (Lipinski definition) is 5. The van der Waals surface area contributed by atoms with Crippen molar-refractivity contribution in [2.75, 3.05) is 0 Å². The topological polar surface area (TPSA) is 55.5 Å². The van der Waals surface area contributed by atoms with E-state index in [1.54, 1.807) is 17.4 Å². The normalized spacial score (nSPS) is 10.7. The summed E-state index contributed by atoms with van der Waals surface area (Å²) in [5.41, 5.74) is 3.44. The molecule has 2 heterocycles. The van der Waals surface area contributed by atoms with Crippen LogP contribution in [0.3, 0.4) is 0 Å². The van der Waals surface area contributed by atoms with Crippen LogP contribution in [0.2, 0.25) is 0 Å². The minimum atomic E-state index is -0.177. The molecule has 0 bridgehead atoms. The van der Waals surface area contributed by atoms with E-state index in [2.05, 4.69) is 34.1 Å². The smallest absolute Gasteiger partial charge is 0.254 e. The Kier molecular flexibility index (Phi) is 3.80. The second-order valence-electron chi connectivity index (χ2n) is 4.29. The number of aliphatic hydroxyl groups is 1. The van der Waals surface area contributed by atoms with Gasteiger partial charge in [0.2, 0.25) is 0 Å². The number of aliphatic hydroxyl groups excluding tert-OH is 1. The molecule has 0 saturated carbocycles. The van der Waals surface area contributed by atoms with Crippen molar-refractivity contribution in [1.29, 1.82) is 0 Å². The Morgan fingerprint density at radius 1 is 1.20 bits per heavy atom. The maximum Gasteiger partial charge on any atom is 0.254 e. The molecule has 0 aliphatic heterocycles. The zero-order chi connectivity index (χ0) is 13.8. The predicted molar refractivity (Wildman–Crippen MR) is 76.5 cm³/mol. The maximum atomic E-state index is 8.89. The van der Waals surface area contributed by atoms with Crippen molar-refractivity contribution in [3.8, 4) is 17.0 Å². The molecule has 0 aliphatic carbocycles. The summed E-state index contributed by atoms with van der Waals surface area (Å²) in [7, 11) is 0. The third-order valence-electron chi connectivity index (χ3n) is 2.86. The van der Waals surface area contributed by atoms with Gasteiger partial charge in [-0.25, -0.2) is 0 Å². The first-order chi connectivity index (χ1) is 9.85. The lowest BCUT2D eigenvalue weighted by atomic mass is 10.1. The molecule has 0 radical (unpaired) electrons. The van der Waals surface area contributed by atoms with E-state index in [0.29, 0.717) is 18.2 Å². The fourth-order valence-corrected chi connectivity index (χ4v) is 2.53. The first-order valence-electron chi connectivity index (χ1n) is 6.16. The number of aromatic nitrogens is 1. The van der Waals surface area contributed by atoms with Crippen molar-refractivity contribution in [1.82, 2.24) is 5.16 Å². The molecule has 0 aliphatic rings. The Bertz CT molecular complexity index is 676. The fourth-order valence-electron chi connectivity index (χ4n) is 1.86. The molecular formula is C15H13NO3S. The predicted octanol–water partition coefficient (Wildman–Crippen LogP) is 3.47. The molecule has 1 N–H and O–H groups in total. The number of thiophene rings is 1. The van der Waals surface area contributed by atoms with E-state index in [9.17, 15) is 0 Å². The van der Waals surface area contributed by atoms with Crippen LogP contribution in [-0.2, 0) is 13.2 Å². The minimum Gasteiger partial charge on any atom is -0.471 e. The van der Waals surface area contributed by atoms with Gasteiger partial charge in [-0.15, -0.1) is 0 Å². The lowest BCUT2D eigenvalue weighted by Gasteiger charge is -2.04. The highest BCUT2D eigenvalue weighted by Crippen LogP contribution is 2.23. The second-order valence-corrected chi connectivity index (χ2v) is 5.07. The van der Waals surface area contributed by atoms with Gasteiger partial charge >= 0.3 is 0 Å². The lowest BCUT2D eigenvalue weighted by molar-refractivity contribution is 0.221. The van der Waals surface area contributed by atoms with E-state index in [1.807, 2.05) is 12.1 Å². The van der Waals surface area contributed by atoms with Crippen LogP contribution in [0.25, 0.3) is 11.1 Å². The minimum absolute atomic E-state index is 0.177. The van der Waals surface area contributed by atoms with Gasteiger partial charge in [0, 0.05) is 6.07 Å². The van der Waals surface area contributed by atoms with E-state index in [1.165, 1.54) is 11.1 Å². The molecule has 5 heteroatoms. The molecule has 1 aromatic carbocycles. The van der Waals surface area contributed by atoms with Crippen molar-refractivity contribution in [2.45, 2.75) is 13.2 Å². The van der Waals surface area contributed by atoms with E-state index in [4.69, 9.17) is 14.4 Å². The van der Waals surface area contributed by atoms with Gasteiger partial charge in [0.15, 0.2) is 5.76 Å². The second kappa shape index (κ2) is 5.90. The van der Waals surface area contributed by atoms with Gasteiger partial charge in [-0.1, -0.05) is 18.2 Å². The van der Waals surface area contributed by atoms with E-state index >= 15 is 0 Å². The first-order valence-corrected chi connectivity index (χ1v) is 7.10. The van der Waals surface area contributed by atoms with Gasteiger partial charge in [-0.3, -0.25) is 0 Å². The van der Waals surface area contributed by atoms with Crippen molar-refractivity contribution < 1.29 is 14.4 Å². The fraction of sp³-hybridized carbons (Fsp3) is 0.133. The monoisotopic (exact) mass is 287 g/mol. The SMILES string of the molecule is OCc1cc(OCc2cccc(-c3ccsc3)c2)no1. The highest BCUT2D eigenvalue weighted by atomic mass is 32.1. The quantitative estimate of drug-likeness (QED) is 0.780. The van der Waals surface area contributed by atoms with E-state index in [-0.39, 0.29) is 6.61 Å². The zero-order valence-electron chi connectivity index (χ0n) is 10.7. The van der Waals surface area contributed by atoms with Gasteiger partial charge in [0.1, 0.15) is 13.2 Å². The van der Waals surface area contributed by atoms with Gasteiger partial charge in [-0.05, 0) is 44.7 Å². The number of ether oxygens (including phenoxy) is 1. The summed E-state index contributed by atoms with van der Waals surface area (Å²) in [6.45, 7) is 0.235. The highest BCUT2D eigenvalue weighted by molar-refractivity contribution is 7.08. The third-order valence-corrected chi connectivity index (χ3v) is 3.54. The Morgan fingerprint density at radius 2 is 2.15 bits per heavy atom. The molecule has 0 amide bonds. The lowest BCUT2D eigenvalue weighted by Crippen LogP contribution is -1.95. The van der Waals surface area contributed by atoms with Crippen LogP contribution in [0, 0.1) is 0 Å². The number of rotatable bonds is 5. The van der Waals surface area contributed by atoms with Crippen LogP contribution >= 0.6 is 11.3 Å². The van der Waals surface area contributed by atoms with Crippen LogP contribution < -0.4 is 4.74 Å². The van der Waals surface area contributed by atoms with Gasteiger partial charge in [0.05, 0.1) is 0 Å². The van der Waals surface area contributed by atoms with Gasteiger partial charge in [0.25, 0.3) is 5.88 Å². The summed E-state index contributed by atoms with van der Waals surface area (Å²) in [6, 6.07) is 11.9. The molecular weight excluding hydrogens is 274 g/mol. The molecule has 3 rings (SSSR count). The van der Waals surface area contributed by atoms with Crippen LogP contribution in [0.5, 0.6) is 5.88 Å². The summed E-state index contributed by atoms with van der Waals surface area (Å²) < 4.78 is 10.4. The Balaban J connectivity index is 1.70. The molecule has 20 heavy (non-hydrogen) atoms. The number of hydrogen-bond donors (Lipinski definition) is 1. The molecule has 3 aromatic rings. The molecule has 4 nitrogen and oxygen atoms in total. The molecule has 0 saturated heterocycles. The molecule has 102 valence electrons. The molecule has 2 aromatic heterocycles. The first kappa shape index (κ1) is 12.9. The van der Waals surface area contributed by atoms with E-state index in [0.717, 1.165) is 5.56 Å². The van der Waals surface area contributed by atoms with Crippen molar-refractivity contribution in [2.24, 2.45) is 0 Å². The van der Waals surface area contributed by atoms with Crippen molar-refractivity contribution in [3.05, 3.63) is 58.5 Å². The van der Waals surface area contributed by atoms with Crippen LogP contribution in [0.15, 0.2) is 51.7 Å². The average Bonchev–Trinajstić information content (AvgIpc) is 3.17. The van der Waals surface area contributed by atoms with Crippen LogP contribution in [-0.4, -0.2) is 10.3 Å². The van der Waals surface area contributed by atoms with E-state index < -0.39 is 0 Å². The standard InChI is InChI=1S/C15H13NO3S/c17-8-14-7-15(16-19-14)18-9-11-2-1-3-12(6-11)13-4-5-20-10-13/h1-7,10,17H,8-9H2. The molecule has 0 spiro atoms. The summed E-state index contributed by atoms with van der Waals surface area (Å²) in [5, 5.41) is 16.8. The molecule has 0 unspecified atom stereocenters. The summed E-state index contributed by atoms with van der Waals surface area (Å²) in [4.78, 5) is 0. The number of nitrogens with zero attached hydrogens (tertiary/aromatic N) is 1. The summed E-state index contributed by atoms with van der Waals surface area (Å²) >= 11 is 1.68. The largest absolute Gasteiger partial charge is 0.471 e.